The van der Waals surface area contributed by atoms with Crippen LogP contribution in [0.15, 0.2) is 72.3 Å². The van der Waals surface area contributed by atoms with Crippen LogP contribution in [0.25, 0.3) is 5.76 Å². The molecule has 3 aromatic carbocycles. The van der Waals surface area contributed by atoms with Gasteiger partial charge in [0.1, 0.15) is 17.3 Å². The summed E-state index contributed by atoms with van der Waals surface area (Å²) >= 11 is 0. The molecule has 0 aromatic heterocycles. The molecule has 0 spiro atoms. The van der Waals surface area contributed by atoms with Gasteiger partial charge >= 0.3 is 0 Å². The van der Waals surface area contributed by atoms with E-state index < -0.39 is 17.7 Å². The number of carbonyl (C=O) groups excluding carboxylic acids is 2. The zero-order chi connectivity index (χ0) is 27.9. The second-order valence-corrected chi connectivity index (χ2v) is 11.5. The van der Waals surface area contributed by atoms with Gasteiger partial charge < -0.3 is 14.6 Å². The van der Waals surface area contributed by atoms with E-state index in [1.54, 1.807) is 6.07 Å². The molecular formula is C33H35NO5. The van der Waals surface area contributed by atoms with E-state index in [4.69, 9.17) is 9.47 Å². The molecule has 39 heavy (non-hydrogen) atoms. The van der Waals surface area contributed by atoms with Crippen molar-refractivity contribution in [3.63, 3.8) is 0 Å². The fourth-order valence-electron chi connectivity index (χ4n) is 5.20. The molecule has 1 unspecified atom stereocenters. The van der Waals surface area contributed by atoms with Crippen LogP contribution < -0.4 is 14.4 Å². The average molecular weight is 526 g/mol. The lowest BCUT2D eigenvalue weighted by atomic mass is 9.87. The maximum atomic E-state index is 13.6. The summed E-state index contributed by atoms with van der Waals surface area (Å²) in [4.78, 5) is 28.6. The lowest BCUT2D eigenvalue weighted by molar-refractivity contribution is -0.132. The molecule has 2 aliphatic heterocycles. The monoisotopic (exact) mass is 525 g/mol. The number of fused-ring (bicyclic) bond motifs is 1. The Bertz CT molecular complexity index is 1430. The zero-order valence-corrected chi connectivity index (χ0v) is 23.2. The molecule has 1 atom stereocenters. The summed E-state index contributed by atoms with van der Waals surface area (Å²) in [5.41, 5.74) is 3.88. The number of rotatable bonds is 5. The molecule has 6 heteroatoms. The first-order valence-corrected chi connectivity index (χ1v) is 13.5. The summed E-state index contributed by atoms with van der Waals surface area (Å²) in [5, 5.41) is 11.5. The molecular weight excluding hydrogens is 490 g/mol. The molecule has 0 aliphatic carbocycles. The number of anilines is 1. The number of aliphatic hydroxyl groups excluding tert-OH is 1. The van der Waals surface area contributed by atoms with E-state index in [0.717, 1.165) is 29.7 Å². The minimum absolute atomic E-state index is 0.0100. The average Bonchev–Trinajstić information content (AvgIpc) is 3.17. The summed E-state index contributed by atoms with van der Waals surface area (Å²) in [6.07, 6.45) is 1.72. The largest absolute Gasteiger partial charge is 0.507 e. The van der Waals surface area contributed by atoms with Gasteiger partial charge in [-0.2, -0.15) is 0 Å². The van der Waals surface area contributed by atoms with Crippen LogP contribution in [0.2, 0.25) is 0 Å². The third kappa shape index (κ3) is 5.16. The third-order valence-corrected chi connectivity index (χ3v) is 7.21. The summed E-state index contributed by atoms with van der Waals surface area (Å²) in [6, 6.07) is 19.7. The number of ether oxygens (including phenoxy) is 2. The Kier molecular flexibility index (Phi) is 6.98. The lowest BCUT2D eigenvalue weighted by Gasteiger charge is -2.27. The standard InChI is InChI=1S/C33H35NO5/c1-20(2)39-26-15-8-21(9-16-26)29-28(30(35)23-10-17-27-22(19-23)7-6-18-38-27)31(36)32(37)34(29)25-13-11-24(12-14-25)33(3,4)5/h8-17,19-20,29,35H,6-7,18H2,1-5H3/b30-28-. The fraction of sp³-hybridized carbons (Fsp3) is 0.333. The van der Waals surface area contributed by atoms with Crippen molar-refractivity contribution in [1.82, 2.24) is 0 Å². The molecule has 6 nitrogen and oxygen atoms in total. The van der Waals surface area contributed by atoms with Crippen molar-refractivity contribution in [3.8, 4) is 11.5 Å². The van der Waals surface area contributed by atoms with E-state index in [-0.39, 0.29) is 22.9 Å². The molecule has 0 radical (unpaired) electrons. The summed E-state index contributed by atoms with van der Waals surface area (Å²) in [5.74, 6) is -0.102. The van der Waals surface area contributed by atoms with E-state index in [9.17, 15) is 14.7 Å². The highest BCUT2D eigenvalue weighted by atomic mass is 16.5. The molecule has 5 rings (SSSR count). The quantitative estimate of drug-likeness (QED) is 0.227. The van der Waals surface area contributed by atoms with Crippen molar-refractivity contribution in [3.05, 3.63) is 94.6 Å². The van der Waals surface area contributed by atoms with Crippen LogP contribution in [0.1, 0.15) is 69.3 Å². The summed E-state index contributed by atoms with van der Waals surface area (Å²) in [6.45, 7) is 10.9. The highest BCUT2D eigenvalue weighted by Crippen LogP contribution is 2.43. The topological polar surface area (TPSA) is 76.1 Å². The number of aryl methyl sites for hydroxylation is 1. The number of carbonyl (C=O) groups is 2. The Morgan fingerprint density at radius 2 is 1.69 bits per heavy atom. The Labute approximate surface area is 229 Å². The first kappa shape index (κ1) is 26.5. The normalized spacial score (nSPS) is 18.7. The van der Waals surface area contributed by atoms with Gasteiger partial charge in [0, 0.05) is 11.3 Å². The second kappa shape index (κ2) is 10.3. The van der Waals surface area contributed by atoms with Crippen molar-refractivity contribution < 1.29 is 24.2 Å². The highest BCUT2D eigenvalue weighted by molar-refractivity contribution is 6.51. The van der Waals surface area contributed by atoms with Gasteiger partial charge in [-0.25, -0.2) is 0 Å². The molecule has 2 heterocycles. The Morgan fingerprint density at radius 1 is 1.00 bits per heavy atom. The predicted octanol–water partition coefficient (Wildman–Crippen LogP) is 6.72. The van der Waals surface area contributed by atoms with E-state index in [0.29, 0.717) is 29.2 Å². The number of hydrogen-bond acceptors (Lipinski definition) is 5. The minimum atomic E-state index is -0.800. The molecule has 1 saturated heterocycles. The van der Waals surface area contributed by atoms with Gasteiger partial charge in [-0.05, 0) is 91.3 Å². The SMILES string of the molecule is CC(C)Oc1ccc(C2/C(=C(/O)c3ccc4c(c3)CCCO4)C(=O)C(=O)N2c2ccc(C(C)(C)C)cc2)cc1. The van der Waals surface area contributed by atoms with Crippen LogP contribution in [0, 0.1) is 0 Å². The van der Waals surface area contributed by atoms with Crippen molar-refractivity contribution in [2.75, 3.05) is 11.5 Å². The Balaban J connectivity index is 1.64. The maximum absolute atomic E-state index is 13.6. The Hall–Kier alpha value is -4.06. The number of benzene rings is 3. The molecule has 3 aromatic rings. The van der Waals surface area contributed by atoms with Gasteiger partial charge in [-0.3, -0.25) is 14.5 Å². The van der Waals surface area contributed by atoms with Crippen molar-refractivity contribution in [1.29, 1.82) is 0 Å². The van der Waals surface area contributed by atoms with Gasteiger partial charge in [-0.15, -0.1) is 0 Å². The van der Waals surface area contributed by atoms with Crippen molar-refractivity contribution in [2.24, 2.45) is 0 Å². The Morgan fingerprint density at radius 3 is 2.33 bits per heavy atom. The van der Waals surface area contributed by atoms with Crippen molar-refractivity contribution >= 4 is 23.1 Å². The molecule has 0 saturated carbocycles. The maximum Gasteiger partial charge on any atom is 0.300 e. The van der Waals surface area contributed by atoms with Crippen LogP contribution in [0.4, 0.5) is 5.69 Å². The van der Waals surface area contributed by atoms with E-state index in [2.05, 4.69) is 20.8 Å². The van der Waals surface area contributed by atoms with Gasteiger partial charge in [0.15, 0.2) is 0 Å². The van der Waals surface area contributed by atoms with Gasteiger partial charge in [0.2, 0.25) is 0 Å². The molecule has 2 aliphatic rings. The predicted molar refractivity (Wildman–Crippen MR) is 152 cm³/mol. The number of aliphatic hydroxyl groups is 1. The second-order valence-electron chi connectivity index (χ2n) is 11.5. The summed E-state index contributed by atoms with van der Waals surface area (Å²) in [7, 11) is 0. The number of hydrogen-bond donors (Lipinski definition) is 1. The smallest absolute Gasteiger partial charge is 0.300 e. The number of ketones is 1. The first-order chi connectivity index (χ1) is 18.5. The fourth-order valence-corrected chi connectivity index (χ4v) is 5.20. The van der Waals surface area contributed by atoms with Crippen LogP contribution in [-0.2, 0) is 21.4 Å². The van der Waals surface area contributed by atoms with Crippen LogP contribution in [0.5, 0.6) is 11.5 Å². The van der Waals surface area contributed by atoms with Gasteiger partial charge in [0.25, 0.3) is 11.7 Å². The molecule has 1 N–H and O–H groups in total. The third-order valence-electron chi connectivity index (χ3n) is 7.21. The van der Waals surface area contributed by atoms with E-state index >= 15 is 0 Å². The molecule has 0 bridgehead atoms. The molecule has 1 fully saturated rings. The number of nitrogens with zero attached hydrogens (tertiary/aromatic N) is 1. The van der Waals surface area contributed by atoms with Crippen LogP contribution >= 0.6 is 0 Å². The van der Waals surface area contributed by atoms with Crippen molar-refractivity contribution in [2.45, 2.75) is 65.0 Å². The minimum Gasteiger partial charge on any atom is -0.507 e. The van der Waals surface area contributed by atoms with E-state index in [1.165, 1.54) is 4.90 Å². The van der Waals surface area contributed by atoms with Gasteiger partial charge in [-0.1, -0.05) is 45.0 Å². The first-order valence-electron chi connectivity index (χ1n) is 13.5. The summed E-state index contributed by atoms with van der Waals surface area (Å²) < 4.78 is 11.5. The number of Topliss-reactive ketones (excluding diaryl/α,β-unsaturated/α-hetero) is 1. The van der Waals surface area contributed by atoms with E-state index in [1.807, 2.05) is 74.5 Å². The highest BCUT2D eigenvalue weighted by Gasteiger charge is 2.47. The molecule has 1 amide bonds. The van der Waals surface area contributed by atoms with Crippen LogP contribution in [0.3, 0.4) is 0 Å². The van der Waals surface area contributed by atoms with Gasteiger partial charge in [0.05, 0.1) is 24.3 Å². The van der Waals surface area contributed by atoms with Crippen LogP contribution in [-0.4, -0.2) is 29.5 Å². The lowest BCUT2D eigenvalue weighted by Crippen LogP contribution is -2.29. The number of amides is 1. The molecule has 202 valence electrons. The zero-order valence-electron chi connectivity index (χ0n) is 23.2.